The average Bonchev–Trinajstić information content (AvgIpc) is 2.12. The third-order valence-electron chi connectivity index (χ3n) is 3.94. The fourth-order valence-electron chi connectivity index (χ4n) is 3.44. The summed E-state index contributed by atoms with van der Waals surface area (Å²) in [5.41, 5.74) is 5.11. The minimum atomic E-state index is -0.810. The summed E-state index contributed by atoms with van der Waals surface area (Å²) in [7, 11) is 0. The van der Waals surface area contributed by atoms with Gasteiger partial charge in [0, 0.05) is 13.0 Å². The topological polar surface area (TPSA) is 55.5 Å². The van der Waals surface area contributed by atoms with Crippen LogP contribution in [0.25, 0.3) is 0 Å². The predicted octanol–water partition coefficient (Wildman–Crippen LogP) is 2.71. The highest BCUT2D eigenvalue weighted by Gasteiger charge is 2.34. The third-order valence-corrected chi connectivity index (χ3v) is 3.94. The Balaban J connectivity index is 2.46. The van der Waals surface area contributed by atoms with Crippen LogP contribution in [0.3, 0.4) is 0 Å². The SMILES string of the molecule is CC1CC(OC(C)CC(C)(O)CN)CC(C)(C)C1. The molecule has 0 spiro atoms. The maximum atomic E-state index is 9.97. The fourth-order valence-corrected chi connectivity index (χ4v) is 3.44. The monoisotopic (exact) mass is 257 g/mol. The molecule has 4 atom stereocenters. The molecule has 0 aliphatic heterocycles. The van der Waals surface area contributed by atoms with E-state index in [1.165, 1.54) is 6.42 Å². The van der Waals surface area contributed by atoms with Crippen molar-refractivity contribution in [3.63, 3.8) is 0 Å². The van der Waals surface area contributed by atoms with Gasteiger partial charge in [-0.25, -0.2) is 0 Å². The largest absolute Gasteiger partial charge is 0.389 e. The highest BCUT2D eigenvalue weighted by Crippen LogP contribution is 2.40. The van der Waals surface area contributed by atoms with Crippen molar-refractivity contribution in [3.8, 4) is 0 Å². The molecule has 0 heterocycles. The highest BCUT2D eigenvalue weighted by atomic mass is 16.5. The number of nitrogens with two attached hydrogens (primary N) is 1. The standard InChI is InChI=1S/C15H31NO2/c1-11-6-13(9-14(3,4)7-11)18-12(2)8-15(5,17)10-16/h11-13,17H,6-10,16H2,1-5H3. The number of rotatable bonds is 5. The summed E-state index contributed by atoms with van der Waals surface area (Å²) in [5.74, 6) is 0.723. The average molecular weight is 257 g/mol. The molecule has 4 unspecified atom stereocenters. The smallest absolute Gasteiger partial charge is 0.0766 e. The minimum absolute atomic E-state index is 0.0645. The zero-order valence-electron chi connectivity index (χ0n) is 12.7. The molecule has 0 amide bonds. The summed E-state index contributed by atoms with van der Waals surface area (Å²) in [6.45, 7) is 11.0. The van der Waals surface area contributed by atoms with E-state index in [1.54, 1.807) is 6.92 Å². The molecule has 18 heavy (non-hydrogen) atoms. The van der Waals surface area contributed by atoms with Crippen molar-refractivity contribution in [2.24, 2.45) is 17.1 Å². The number of aliphatic hydroxyl groups is 1. The Labute approximate surface area is 112 Å². The van der Waals surface area contributed by atoms with E-state index in [9.17, 15) is 5.11 Å². The van der Waals surface area contributed by atoms with Gasteiger partial charge in [-0.2, -0.15) is 0 Å². The number of hydrogen-bond acceptors (Lipinski definition) is 3. The lowest BCUT2D eigenvalue weighted by atomic mass is 9.71. The van der Waals surface area contributed by atoms with Crippen molar-refractivity contribution in [3.05, 3.63) is 0 Å². The van der Waals surface area contributed by atoms with Gasteiger partial charge < -0.3 is 15.6 Å². The van der Waals surface area contributed by atoms with Gasteiger partial charge in [0.1, 0.15) is 0 Å². The molecule has 0 aromatic carbocycles. The number of ether oxygens (including phenoxy) is 1. The van der Waals surface area contributed by atoms with E-state index in [4.69, 9.17) is 10.5 Å². The van der Waals surface area contributed by atoms with Crippen molar-refractivity contribution in [1.29, 1.82) is 0 Å². The molecule has 0 aromatic heterocycles. The van der Waals surface area contributed by atoms with Crippen LogP contribution in [0.15, 0.2) is 0 Å². The van der Waals surface area contributed by atoms with Gasteiger partial charge in [-0.3, -0.25) is 0 Å². The van der Waals surface area contributed by atoms with Gasteiger partial charge in [0.2, 0.25) is 0 Å². The summed E-state index contributed by atoms with van der Waals surface area (Å²) >= 11 is 0. The second kappa shape index (κ2) is 5.89. The molecule has 1 aliphatic rings. The van der Waals surface area contributed by atoms with E-state index in [1.807, 2.05) is 6.92 Å². The van der Waals surface area contributed by atoms with Crippen LogP contribution in [0.5, 0.6) is 0 Å². The Kier molecular flexibility index (Phi) is 5.22. The molecular weight excluding hydrogens is 226 g/mol. The van der Waals surface area contributed by atoms with Crippen LogP contribution >= 0.6 is 0 Å². The molecule has 3 nitrogen and oxygen atoms in total. The first-order chi connectivity index (χ1) is 8.13. The van der Waals surface area contributed by atoms with E-state index in [0.717, 1.165) is 18.8 Å². The van der Waals surface area contributed by atoms with Crippen LogP contribution in [-0.4, -0.2) is 29.5 Å². The van der Waals surface area contributed by atoms with Crippen LogP contribution in [-0.2, 0) is 4.74 Å². The molecule has 0 bridgehead atoms. The summed E-state index contributed by atoms with van der Waals surface area (Å²) in [5, 5.41) is 9.97. The van der Waals surface area contributed by atoms with Crippen LogP contribution in [0, 0.1) is 11.3 Å². The summed E-state index contributed by atoms with van der Waals surface area (Å²) in [6.07, 6.45) is 4.53. The second-order valence-electron chi connectivity index (χ2n) is 7.39. The summed E-state index contributed by atoms with van der Waals surface area (Å²) in [6, 6.07) is 0. The lowest BCUT2D eigenvalue weighted by Gasteiger charge is -2.40. The molecule has 108 valence electrons. The lowest BCUT2D eigenvalue weighted by molar-refractivity contribution is -0.0850. The van der Waals surface area contributed by atoms with E-state index in [-0.39, 0.29) is 12.6 Å². The van der Waals surface area contributed by atoms with Gasteiger partial charge in [-0.05, 0) is 44.4 Å². The van der Waals surface area contributed by atoms with Gasteiger partial charge in [0.05, 0.1) is 17.8 Å². The first-order valence-electron chi connectivity index (χ1n) is 7.21. The molecule has 3 heteroatoms. The molecule has 0 saturated heterocycles. The molecular formula is C15H31NO2. The number of hydrogen-bond donors (Lipinski definition) is 2. The van der Waals surface area contributed by atoms with Gasteiger partial charge in [0.15, 0.2) is 0 Å². The lowest BCUT2D eigenvalue weighted by Crippen LogP contribution is -2.40. The maximum Gasteiger partial charge on any atom is 0.0766 e. The highest BCUT2D eigenvalue weighted by molar-refractivity contribution is 4.85. The maximum absolute atomic E-state index is 9.97. The summed E-state index contributed by atoms with van der Waals surface area (Å²) in [4.78, 5) is 0. The van der Waals surface area contributed by atoms with Crippen LogP contribution in [0.2, 0.25) is 0 Å². The molecule has 3 N–H and O–H groups in total. The zero-order chi connectivity index (χ0) is 14.0. The van der Waals surface area contributed by atoms with Crippen molar-refractivity contribution in [1.82, 2.24) is 0 Å². The predicted molar refractivity (Wildman–Crippen MR) is 75.4 cm³/mol. The van der Waals surface area contributed by atoms with Gasteiger partial charge in [-0.1, -0.05) is 20.8 Å². The van der Waals surface area contributed by atoms with Crippen molar-refractivity contribution < 1.29 is 9.84 Å². The van der Waals surface area contributed by atoms with E-state index in [0.29, 0.717) is 17.9 Å². The molecule has 0 aromatic rings. The van der Waals surface area contributed by atoms with Crippen molar-refractivity contribution >= 4 is 0 Å². The normalized spacial score (nSPS) is 32.8. The van der Waals surface area contributed by atoms with E-state index < -0.39 is 5.60 Å². The zero-order valence-corrected chi connectivity index (χ0v) is 12.7. The van der Waals surface area contributed by atoms with Crippen LogP contribution < -0.4 is 5.73 Å². The minimum Gasteiger partial charge on any atom is -0.389 e. The fraction of sp³-hybridized carbons (Fsp3) is 1.00. The Morgan fingerprint density at radius 2 is 2.06 bits per heavy atom. The third kappa shape index (κ3) is 5.25. The first kappa shape index (κ1) is 15.9. The van der Waals surface area contributed by atoms with Gasteiger partial charge >= 0.3 is 0 Å². The Morgan fingerprint density at radius 1 is 1.44 bits per heavy atom. The Morgan fingerprint density at radius 3 is 2.56 bits per heavy atom. The van der Waals surface area contributed by atoms with Crippen molar-refractivity contribution in [2.75, 3.05) is 6.54 Å². The Hall–Kier alpha value is -0.120. The molecule has 1 aliphatic carbocycles. The van der Waals surface area contributed by atoms with Crippen LogP contribution in [0.4, 0.5) is 0 Å². The molecule has 0 radical (unpaired) electrons. The first-order valence-corrected chi connectivity index (χ1v) is 7.21. The van der Waals surface area contributed by atoms with E-state index in [2.05, 4.69) is 20.8 Å². The van der Waals surface area contributed by atoms with Crippen molar-refractivity contribution in [2.45, 2.75) is 78.1 Å². The van der Waals surface area contributed by atoms with Crippen LogP contribution in [0.1, 0.15) is 60.3 Å². The van der Waals surface area contributed by atoms with Gasteiger partial charge in [0.25, 0.3) is 0 Å². The molecule has 1 saturated carbocycles. The van der Waals surface area contributed by atoms with E-state index >= 15 is 0 Å². The molecule has 1 rings (SSSR count). The second-order valence-corrected chi connectivity index (χ2v) is 7.39. The Bertz CT molecular complexity index is 263. The van der Waals surface area contributed by atoms with Gasteiger partial charge in [-0.15, -0.1) is 0 Å². The quantitative estimate of drug-likeness (QED) is 0.796. The summed E-state index contributed by atoms with van der Waals surface area (Å²) < 4.78 is 6.12. The molecule has 1 fully saturated rings.